The number of hydrogen-bond acceptors (Lipinski definition) is 4. The molecule has 3 aromatic rings. The lowest BCUT2D eigenvalue weighted by Crippen LogP contribution is -2.21. The normalized spacial score (nSPS) is 12.6. The Morgan fingerprint density at radius 1 is 1.15 bits per heavy atom. The lowest BCUT2D eigenvalue weighted by molar-refractivity contribution is -0.206. The summed E-state index contributed by atoms with van der Waals surface area (Å²) in [4.78, 5) is 14.7. The van der Waals surface area contributed by atoms with Crippen molar-refractivity contribution in [3.05, 3.63) is 64.6 Å². The number of nitrogens with zero attached hydrogens (tertiary/aromatic N) is 1. The standard InChI is InChI=1S/C19H13F3N2O3/c20-19(21,22)17(25)14-4-2-1-3-12(14)16-10-24-18(26)15-9-11(27-8-7-23)5-6-13(15)16/h1-6,9-10,17,25H,8H2,(H,24,26)/t17-/m1/s1. The lowest BCUT2D eigenvalue weighted by Gasteiger charge is -2.19. The minimum absolute atomic E-state index is 0.147. The summed E-state index contributed by atoms with van der Waals surface area (Å²) < 4.78 is 44.3. The maximum atomic E-state index is 13.0. The van der Waals surface area contributed by atoms with Gasteiger partial charge in [-0.15, -0.1) is 0 Å². The number of hydrogen-bond donors (Lipinski definition) is 2. The number of rotatable bonds is 4. The summed E-state index contributed by atoms with van der Waals surface area (Å²) in [5, 5.41) is 18.9. The Labute approximate surface area is 151 Å². The molecule has 3 rings (SSSR count). The molecule has 0 saturated heterocycles. The number of pyridine rings is 1. The first kappa shape index (κ1) is 18.5. The van der Waals surface area contributed by atoms with E-state index in [1.807, 2.05) is 6.07 Å². The Bertz CT molecular complexity index is 1080. The van der Waals surface area contributed by atoms with Crippen LogP contribution in [0.2, 0.25) is 0 Å². The molecule has 0 aliphatic rings. The van der Waals surface area contributed by atoms with Crippen molar-refractivity contribution in [2.45, 2.75) is 12.3 Å². The first-order valence-corrected chi connectivity index (χ1v) is 7.82. The van der Waals surface area contributed by atoms with Crippen LogP contribution in [0, 0.1) is 11.3 Å². The van der Waals surface area contributed by atoms with Crippen LogP contribution in [0.5, 0.6) is 5.75 Å². The van der Waals surface area contributed by atoms with Crippen molar-refractivity contribution in [2.24, 2.45) is 0 Å². The maximum Gasteiger partial charge on any atom is 0.418 e. The van der Waals surface area contributed by atoms with Crippen LogP contribution in [0.1, 0.15) is 11.7 Å². The average molecular weight is 374 g/mol. The molecular weight excluding hydrogens is 361 g/mol. The predicted molar refractivity (Wildman–Crippen MR) is 92.1 cm³/mol. The number of fused-ring (bicyclic) bond motifs is 1. The molecular formula is C19H13F3N2O3. The average Bonchev–Trinajstić information content (AvgIpc) is 2.65. The highest BCUT2D eigenvalue weighted by molar-refractivity contribution is 5.97. The Morgan fingerprint density at radius 2 is 1.89 bits per heavy atom. The number of nitrogens with one attached hydrogen (secondary N) is 1. The van der Waals surface area contributed by atoms with Gasteiger partial charge in [0.05, 0.1) is 5.39 Å². The summed E-state index contributed by atoms with van der Waals surface area (Å²) in [7, 11) is 0. The summed E-state index contributed by atoms with van der Waals surface area (Å²) in [6.45, 7) is -0.205. The van der Waals surface area contributed by atoms with E-state index in [0.29, 0.717) is 10.9 Å². The summed E-state index contributed by atoms with van der Waals surface area (Å²) in [5.74, 6) is 0.287. The minimum Gasteiger partial charge on any atom is -0.479 e. The van der Waals surface area contributed by atoms with E-state index < -0.39 is 17.8 Å². The fourth-order valence-corrected chi connectivity index (χ4v) is 2.82. The summed E-state index contributed by atoms with van der Waals surface area (Å²) in [5.41, 5.74) is -0.294. The van der Waals surface area contributed by atoms with Gasteiger partial charge in [0, 0.05) is 11.8 Å². The van der Waals surface area contributed by atoms with Gasteiger partial charge in [0.15, 0.2) is 12.7 Å². The second-order valence-electron chi connectivity index (χ2n) is 5.72. The molecule has 2 aromatic carbocycles. The third kappa shape index (κ3) is 3.64. The molecule has 0 aliphatic heterocycles. The van der Waals surface area contributed by atoms with E-state index in [9.17, 15) is 23.1 Å². The van der Waals surface area contributed by atoms with Crippen molar-refractivity contribution in [3.63, 3.8) is 0 Å². The Hall–Kier alpha value is -3.31. The molecule has 0 unspecified atom stereocenters. The van der Waals surface area contributed by atoms with Crippen molar-refractivity contribution in [2.75, 3.05) is 6.61 Å². The molecule has 0 fully saturated rings. The fourth-order valence-electron chi connectivity index (χ4n) is 2.82. The number of halogens is 3. The highest BCUT2D eigenvalue weighted by atomic mass is 19.4. The van der Waals surface area contributed by atoms with Crippen LogP contribution >= 0.6 is 0 Å². The van der Waals surface area contributed by atoms with E-state index in [2.05, 4.69) is 4.98 Å². The van der Waals surface area contributed by atoms with E-state index >= 15 is 0 Å². The first-order valence-electron chi connectivity index (χ1n) is 7.82. The van der Waals surface area contributed by atoms with Gasteiger partial charge in [-0.2, -0.15) is 18.4 Å². The zero-order valence-corrected chi connectivity index (χ0v) is 13.7. The minimum atomic E-state index is -4.83. The molecule has 0 radical (unpaired) electrons. The molecule has 0 saturated carbocycles. The first-order chi connectivity index (χ1) is 12.8. The number of aromatic amines is 1. The molecule has 138 valence electrons. The zero-order chi connectivity index (χ0) is 19.6. The van der Waals surface area contributed by atoms with Crippen LogP contribution in [0.25, 0.3) is 21.9 Å². The van der Waals surface area contributed by atoms with E-state index in [1.165, 1.54) is 42.6 Å². The number of alkyl halides is 3. The van der Waals surface area contributed by atoms with Crippen LogP contribution in [0.15, 0.2) is 53.5 Å². The third-order valence-electron chi connectivity index (χ3n) is 4.03. The molecule has 0 aliphatic carbocycles. The van der Waals surface area contributed by atoms with Gasteiger partial charge in [-0.1, -0.05) is 24.3 Å². The SMILES string of the molecule is N#CCOc1ccc2c(-c3ccccc3[C@@H](O)C(F)(F)F)c[nH]c(=O)c2c1. The van der Waals surface area contributed by atoms with Crippen LogP contribution < -0.4 is 10.3 Å². The number of aliphatic hydroxyl groups excluding tert-OH is 1. The van der Waals surface area contributed by atoms with Crippen LogP contribution in [-0.4, -0.2) is 22.9 Å². The third-order valence-corrected chi connectivity index (χ3v) is 4.03. The van der Waals surface area contributed by atoms with Crippen molar-refractivity contribution >= 4 is 10.8 Å². The molecule has 1 atom stereocenters. The second-order valence-corrected chi connectivity index (χ2v) is 5.72. The highest BCUT2D eigenvalue weighted by Gasteiger charge is 2.40. The maximum absolute atomic E-state index is 13.0. The van der Waals surface area contributed by atoms with Crippen LogP contribution in [-0.2, 0) is 0 Å². The Kier molecular flexibility index (Phi) is 4.88. The van der Waals surface area contributed by atoms with Crippen molar-refractivity contribution in [1.82, 2.24) is 4.98 Å². The lowest BCUT2D eigenvalue weighted by atomic mass is 9.93. The monoisotopic (exact) mass is 374 g/mol. The zero-order valence-electron chi connectivity index (χ0n) is 13.7. The smallest absolute Gasteiger partial charge is 0.418 e. The molecule has 8 heteroatoms. The molecule has 5 nitrogen and oxygen atoms in total. The van der Waals surface area contributed by atoms with Gasteiger partial charge >= 0.3 is 6.18 Å². The van der Waals surface area contributed by atoms with Gasteiger partial charge in [0.2, 0.25) is 0 Å². The molecule has 0 amide bonds. The van der Waals surface area contributed by atoms with Gasteiger partial charge in [0.1, 0.15) is 11.8 Å². The van der Waals surface area contributed by atoms with Gasteiger partial charge in [-0.25, -0.2) is 0 Å². The molecule has 0 spiro atoms. The molecule has 27 heavy (non-hydrogen) atoms. The number of nitriles is 1. The number of H-pyrrole nitrogens is 1. The van der Waals surface area contributed by atoms with E-state index in [1.54, 1.807) is 6.07 Å². The number of aromatic nitrogens is 1. The molecule has 1 heterocycles. The molecule has 0 bridgehead atoms. The summed E-state index contributed by atoms with van der Waals surface area (Å²) in [6.07, 6.45) is -6.18. The number of ether oxygens (including phenoxy) is 1. The largest absolute Gasteiger partial charge is 0.479 e. The van der Waals surface area contributed by atoms with Gasteiger partial charge in [0.25, 0.3) is 5.56 Å². The van der Waals surface area contributed by atoms with E-state index in [0.717, 1.165) is 0 Å². The van der Waals surface area contributed by atoms with Crippen molar-refractivity contribution < 1.29 is 23.0 Å². The number of aliphatic hydroxyl groups is 1. The van der Waals surface area contributed by atoms with Gasteiger partial charge in [-0.3, -0.25) is 4.79 Å². The topological polar surface area (TPSA) is 86.1 Å². The van der Waals surface area contributed by atoms with Crippen LogP contribution in [0.3, 0.4) is 0 Å². The molecule has 2 N–H and O–H groups in total. The van der Waals surface area contributed by atoms with Crippen LogP contribution in [0.4, 0.5) is 13.2 Å². The van der Waals surface area contributed by atoms with E-state index in [4.69, 9.17) is 10.00 Å². The highest BCUT2D eigenvalue weighted by Crippen LogP contribution is 2.39. The fraction of sp³-hybridized carbons (Fsp3) is 0.158. The van der Waals surface area contributed by atoms with Crippen molar-refractivity contribution in [3.8, 4) is 22.9 Å². The summed E-state index contributed by atoms with van der Waals surface area (Å²) in [6, 6.07) is 11.8. The Morgan fingerprint density at radius 3 is 2.59 bits per heavy atom. The predicted octanol–water partition coefficient (Wildman–Crippen LogP) is 3.69. The second kappa shape index (κ2) is 7.13. The molecule has 1 aromatic heterocycles. The van der Waals surface area contributed by atoms with Gasteiger partial charge < -0.3 is 14.8 Å². The van der Waals surface area contributed by atoms with Crippen molar-refractivity contribution in [1.29, 1.82) is 5.26 Å². The summed E-state index contributed by atoms with van der Waals surface area (Å²) >= 11 is 0. The number of benzene rings is 2. The quantitative estimate of drug-likeness (QED) is 0.729. The Balaban J connectivity index is 2.21. The van der Waals surface area contributed by atoms with Gasteiger partial charge in [-0.05, 0) is 34.7 Å². The van der Waals surface area contributed by atoms with E-state index in [-0.39, 0.29) is 28.9 Å².